The van der Waals surface area contributed by atoms with E-state index < -0.39 is 0 Å². The fraction of sp³-hybridized carbons (Fsp3) is 0.700. The Kier molecular flexibility index (Phi) is 2.79. The van der Waals surface area contributed by atoms with Crippen molar-refractivity contribution in [3.8, 4) is 0 Å². The Hall–Kier alpha value is -0.540. The fourth-order valence-corrected chi connectivity index (χ4v) is 1.91. The maximum Gasteiger partial charge on any atom is 0.154 e. The molecule has 4 heteroatoms. The van der Waals surface area contributed by atoms with Gasteiger partial charge in [-0.1, -0.05) is 18.5 Å². The molecule has 0 spiro atoms. The van der Waals surface area contributed by atoms with E-state index >= 15 is 0 Å². The molecular weight excluding hydrogens is 198 g/mol. The fourth-order valence-electron chi connectivity index (χ4n) is 1.69. The summed E-state index contributed by atoms with van der Waals surface area (Å²) in [5.74, 6) is 1.15. The number of nitrogens with two attached hydrogens (primary N) is 1. The lowest BCUT2D eigenvalue weighted by atomic mass is 10.0. The van der Waals surface area contributed by atoms with Crippen LogP contribution in [0.1, 0.15) is 36.9 Å². The highest BCUT2D eigenvalue weighted by Gasteiger charge is 2.29. The number of nitrogens with zero attached hydrogens (tertiary/aromatic N) is 1. The molecule has 3 N–H and O–H groups in total. The van der Waals surface area contributed by atoms with E-state index in [1.807, 2.05) is 0 Å². The second kappa shape index (κ2) is 3.91. The van der Waals surface area contributed by atoms with Crippen LogP contribution in [0, 0.1) is 5.92 Å². The molecule has 2 rings (SSSR count). The third kappa shape index (κ3) is 1.93. The molecule has 3 nitrogen and oxygen atoms in total. The number of hydrogen-bond donors (Lipinski definition) is 2. The monoisotopic (exact) mass is 213 g/mol. The van der Waals surface area contributed by atoms with Crippen LogP contribution in [0.15, 0.2) is 0 Å². The number of hydrogen-bond acceptors (Lipinski definition) is 2. The molecule has 1 saturated carbocycles. The van der Waals surface area contributed by atoms with Crippen LogP contribution in [0.25, 0.3) is 0 Å². The van der Waals surface area contributed by atoms with Crippen LogP contribution in [-0.2, 0) is 6.42 Å². The van der Waals surface area contributed by atoms with Crippen molar-refractivity contribution in [3.05, 3.63) is 16.4 Å². The minimum Gasteiger partial charge on any atom is -0.330 e. The molecule has 1 aromatic heterocycles. The van der Waals surface area contributed by atoms with E-state index in [-0.39, 0.29) is 0 Å². The standard InChI is InChI=1S/C10H16ClN3/c1-6(5-12)4-8-9(7-2-3-7)13-14-10(8)11/h6-7H,2-5,12H2,1H3,(H,13,14). The highest BCUT2D eigenvalue weighted by Crippen LogP contribution is 2.42. The quantitative estimate of drug-likeness (QED) is 0.805. The molecule has 14 heavy (non-hydrogen) atoms. The van der Waals surface area contributed by atoms with E-state index in [9.17, 15) is 0 Å². The van der Waals surface area contributed by atoms with E-state index in [2.05, 4.69) is 17.1 Å². The highest BCUT2D eigenvalue weighted by molar-refractivity contribution is 6.30. The normalized spacial score (nSPS) is 18.5. The molecule has 0 bridgehead atoms. The number of rotatable bonds is 4. The van der Waals surface area contributed by atoms with Crippen molar-refractivity contribution in [2.24, 2.45) is 11.7 Å². The molecule has 0 saturated heterocycles. The third-order valence-corrected chi connectivity index (χ3v) is 3.10. The Morgan fingerprint density at radius 1 is 1.64 bits per heavy atom. The van der Waals surface area contributed by atoms with Crippen LogP contribution >= 0.6 is 11.6 Å². The molecule has 0 aliphatic heterocycles. The maximum absolute atomic E-state index is 6.03. The average Bonchev–Trinajstić information content (AvgIpc) is 2.95. The average molecular weight is 214 g/mol. The first-order valence-corrected chi connectivity index (χ1v) is 5.52. The van der Waals surface area contributed by atoms with Crippen molar-refractivity contribution in [2.45, 2.75) is 32.1 Å². The Balaban J connectivity index is 2.16. The van der Waals surface area contributed by atoms with Gasteiger partial charge in [-0.05, 0) is 31.7 Å². The molecule has 1 unspecified atom stereocenters. The number of aromatic amines is 1. The van der Waals surface area contributed by atoms with Gasteiger partial charge in [0.25, 0.3) is 0 Å². The van der Waals surface area contributed by atoms with Crippen molar-refractivity contribution < 1.29 is 0 Å². The summed E-state index contributed by atoms with van der Waals surface area (Å²) in [6, 6.07) is 0. The molecule has 1 aliphatic rings. The smallest absolute Gasteiger partial charge is 0.154 e. The van der Waals surface area contributed by atoms with Gasteiger partial charge < -0.3 is 5.73 Å². The van der Waals surface area contributed by atoms with E-state index in [1.54, 1.807) is 0 Å². The van der Waals surface area contributed by atoms with Crippen LogP contribution < -0.4 is 5.73 Å². The summed E-state index contributed by atoms with van der Waals surface area (Å²) in [6.07, 6.45) is 3.47. The zero-order valence-corrected chi connectivity index (χ0v) is 9.14. The Labute approximate surface area is 89.0 Å². The number of H-pyrrole nitrogens is 1. The topological polar surface area (TPSA) is 54.7 Å². The molecular formula is C10H16ClN3. The second-order valence-corrected chi connectivity index (χ2v) is 4.58. The zero-order valence-electron chi connectivity index (χ0n) is 8.39. The Morgan fingerprint density at radius 2 is 2.36 bits per heavy atom. The van der Waals surface area contributed by atoms with Gasteiger partial charge in [-0.2, -0.15) is 5.10 Å². The minimum absolute atomic E-state index is 0.475. The van der Waals surface area contributed by atoms with Crippen LogP contribution in [-0.4, -0.2) is 16.7 Å². The van der Waals surface area contributed by atoms with Gasteiger partial charge in [-0.3, -0.25) is 5.10 Å². The van der Waals surface area contributed by atoms with Crippen LogP contribution in [0.3, 0.4) is 0 Å². The molecule has 0 aromatic carbocycles. The van der Waals surface area contributed by atoms with Crippen molar-refractivity contribution in [2.75, 3.05) is 6.54 Å². The molecule has 1 aromatic rings. The van der Waals surface area contributed by atoms with E-state index in [0.717, 1.165) is 6.42 Å². The van der Waals surface area contributed by atoms with Gasteiger partial charge in [0.15, 0.2) is 5.15 Å². The third-order valence-electron chi connectivity index (χ3n) is 2.79. The van der Waals surface area contributed by atoms with Gasteiger partial charge >= 0.3 is 0 Å². The Bertz CT molecular complexity index is 317. The van der Waals surface area contributed by atoms with E-state index in [4.69, 9.17) is 17.3 Å². The van der Waals surface area contributed by atoms with Gasteiger partial charge in [0.05, 0.1) is 0 Å². The lowest BCUT2D eigenvalue weighted by Crippen LogP contribution is -2.13. The molecule has 1 fully saturated rings. The van der Waals surface area contributed by atoms with Crippen molar-refractivity contribution in [1.82, 2.24) is 10.2 Å². The molecule has 1 heterocycles. The van der Waals surface area contributed by atoms with Crippen LogP contribution in [0.4, 0.5) is 0 Å². The predicted molar refractivity (Wildman–Crippen MR) is 57.5 cm³/mol. The number of nitrogens with one attached hydrogen (secondary N) is 1. The summed E-state index contributed by atoms with van der Waals surface area (Å²) in [6.45, 7) is 2.84. The first-order valence-electron chi connectivity index (χ1n) is 5.15. The highest BCUT2D eigenvalue weighted by atomic mass is 35.5. The number of halogens is 1. The lowest BCUT2D eigenvalue weighted by molar-refractivity contribution is 0.590. The largest absolute Gasteiger partial charge is 0.330 e. The summed E-state index contributed by atoms with van der Waals surface area (Å²) in [7, 11) is 0. The summed E-state index contributed by atoms with van der Waals surface area (Å²) >= 11 is 6.03. The lowest BCUT2D eigenvalue weighted by Gasteiger charge is -2.08. The first-order chi connectivity index (χ1) is 6.72. The van der Waals surface area contributed by atoms with Gasteiger partial charge in [-0.15, -0.1) is 0 Å². The van der Waals surface area contributed by atoms with Gasteiger partial charge in [0.2, 0.25) is 0 Å². The molecule has 1 atom stereocenters. The van der Waals surface area contributed by atoms with Gasteiger partial charge in [0.1, 0.15) is 0 Å². The first kappa shape index (κ1) is 9.99. The molecule has 0 amide bonds. The van der Waals surface area contributed by atoms with Crippen molar-refractivity contribution in [3.63, 3.8) is 0 Å². The molecule has 1 aliphatic carbocycles. The minimum atomic E-state index is 0.475. The summed E-state index contributed by atoms with van der Waals surface area (Å²) in [5, 5.41) is 7.74. The van der Waals surface area contributed by atoms with Crippen LogP contribution in [0.2, 0.25) is 5.15 Å². The SMILES string of the molecule is CC(CN)Cc1c(Cl)n[nH]c1C1CC1. The summed E-state index contributed by atoms with van der Waals surface area (Å²) < 4.78 is 0. The van der Waals surface area contributed by atoms with Gasteiger partial charge in [-0.25, -0.2) is 0 Å². The predicted octanol–water partition coefficient (Wildman–Crippen LogP) is 2.08. The van der Waals surface area contributed by atoms with Gasteiger partial charge in [0, 0.05) is 17.2 Å². The van der Waals surface area contributed by atoms with E-state index in [1.165, 1.54) is 24.1 Å². The Morgan fingerprint density at radius 3 is 2.93 bits per heavy atom. The summed E-state index contributed by atoms with van der Waals surface area (Å²) in [5.41, 5.74) is 8.04. The summed E-state index contributed by atoms with van der Waals surface area (Å²) in [4.78, 5) is 0. The molecule has 0 radical (unpaired) electrons. The number of aromatic nitrogens is 2. The van der Waals surface area contributed by atoms with Crippen LogP contribution in [0.5, 0.6) is 0 Å². The van der Waals surface area contributed by atoms with Crippen molar-refractivity contribution in [1.29, 1.82) is 0 Å². The second-order valence-electron chi connectivity index (χ2n) is 4.23. The molecule has 78 valence electrons. The zero-order chi connectivity index (χ0) is 10.1. The van der Waals surface area contributed by atoms with Crippen molar-refractivity contribution >= 4 is 11.6 Å². The van der Waals surface area contributed by atoms with E-state index in [0.29, 0.717) is 23.5 Å². The maximum atomic E-state index is 6.03.